The van der Waals surface area contributed by atoms with Crippen LogP contribution in [0.2, 0.25) is 0 Å². The number of thiazole rings is 1. The van der Waals surface area contributed by atoms with E-state index in [1.807, 2.05) is 30.3 Å². The van der Waals surface area contributed by atoms with Crippen molar-refractivity contribution in [3.63, 3.8) is 0 Å². The smallest absolute Gasteiger partial charge is 0.338 e. The Bertz CT molecular complexity index is 1270. The molecule has 3 heterocycles. The quantitative estimate of drug-likeness (QED) is 0.546. The first-order chi connectivity index (χ1) is 14.0. The molecule has 1 aliphatic heterocycles. The number of esters is 1. The molecular weight excluding hydrogens is 456 g/mol. The number of benzene rings is 1. The largest absolute Gasteiger partial charge is 0.467 e. The van der Waals surface area contributed by atoms with Crippen LogP contribution in [0.4, 0.5) is 0 Å². The van der Waals surface area contributed by atoms with Crippen molar-refractivity contribution in [2.75, 3.05) is 6.61 Å². The summed E-state index contributed by atoms with van der Waals surface area (Å²) in [6, 6.07) is 10.5. The molecule has 6 nitrogen and oxygen atoms in total. The zero-order valence-electron chi connectivity index (χ0n) is 15.7. The van der Waals surface area contributed by atoms with E-state index >= 15 is 0 Å². The van der Waals surface area contributed by atoms with E-state index in [1.54, 1.807) is 26.0 Å². The first-order valence-corrected chi connectivity index (χ1v) is 10.6. The van der Waals surface area contributed by atoms with Crippen LogP contribution in [0.25, 0.3) is 11.8 Å². The van der Waals surface area contributed by atoms with Crippen molar-refractivity contribution >= 4 is 45.0 Å². The number of hydrogen-bond acceptors (Lipinski definition) is 6. The summed E-state index contributed by atoms with van der Waals surface area (Å²) >= 11 is 4.69. The number of hydrogen-bond donors (Lipinski definition) is 0. The Morgan fingerprint density at radius 1 is 1.34 bits per heavy atom. The number of carbonyl (C=O) groups excluding carboxylic acids is 1. The van der Waals surface area contributed by atoms with Crippen LogP contribution in [0, 0.1) is 0 Å². The van der Waals surface area contributed by atoms with Gasteiger partial charge in [0.2, 0.25) is 0 Å². The van der Waals surface area contributed by atoms with Gasteiger partial charge in [-0.05, 0) is 49.8 Å². The molecule has 0 saturated heterocycles. The third-order valence-corrected chi connectivity index (χ3v) is 6.03. The van der Waals surface area contributed by atoms with Gasteiger partial charge in [0, 0.05) is 10.2 Å². The van der Waals surface area contributed by atoms with E-state index in [9.17, 15) is 9.59 Å². The third kappa shape index (κ3) is 3.65. The maximum atomic E-state index is 13.1. The van der Waals surface area contributed by atoms with Crippen LogP contribution in [0.5, 0.6) is 0 Å². The average Bonchev–Trinajstić information content (AvgIpc) is 3.32. The van der Waals surface area contributed by atoms with Crippen LogP contribution >= 0.6 is 27.3 Å². The maximum Gasteiger partial charge on any atom is 0.338 e. The van der Waals surface area contributed by atoms with Crippen molar-refractivity contribution in [1.82, 2.24) is 4.57 Å². The number of furan rings is 1. The Kier molecular flexibility index (Phi) is 5.38. The zero-order valence-corrected chi connectivity index (χ0v) is 18.1. The summed E-state index contributed by atoms with van der Waals surface area (Å²) in [6.07, 6.45) is 3.35. The van der Waals surface area contributed by atoms with Gasteiger partial charge in [0.05, 0.1) is 23.0 Å². The summed E-state index contributed by atoms with van der Waals surface area (Å²) in [5, 5.41) is 0. The van der Waals surface area contributed by atoms with Crippen molar-refractivity contribution in [1.29, 1.82) is 0 Å². The molecule has 4 rings (SSSR count). The summed E-state index contributed by atoms with van der Waals surface area (Å²) in [6.45, 7) is 3.70. The van der Waals surface area contributed by atoms with Crippen molar-refractivity contribution in [2.24, 2.45) is 4.99 Å². The van der Waals surface area contributed by atoms with Crippen LogP contribution in [-0.4, -0.2) is 17.1 Å². The Balaban J connectivity index is 1.93. The Morgan fingerprint density at radius 3 is 2.76 bits per heavy atom. The average molecular weight is 473 g/mol. The fraction of sp³-hybridized carbons (Fsp3) is 0.190. The maximum absolute atomic E-state index is 13.1. The minimum atomic E-state index is -0.650. The number of nitrogens with zero attached hydrogens (tertiary/aromatic N) is 2. The normalized spacial score (nSPS) is 16.5. The SMILES string of the molecule is CCOC(=O)C1=C(C)n2c(s/c(=C\c3ccc(Br)cc3)c2=O)=N[C@H]1c1ccco1. The van der Waals surface area contributed by atoms with Gasteiger partial charge in [-0.15, -0.1) is 0 Å². The highest BCUT2D eigenvalue weighted by molar-refractivity contribution is 9.10. The molecule has 1 atom stereocenters. The lowest BCUT2D eigenvalue weighted by Gasteiger charge is -2.20. The predicted octanol–water partition coefficient (Wildman–Crippen LogP) is 3.26. The van der Waals surface area contributed by atoms with Gasteiger partial charge in [0.1, 0.15) is 11.8 Å². The Hall–Kier alpha value is -2.71. The lowest BCUT2D eigenvalue weighted by molar-refractivity contribution is -0.138. The van der Waals surface area contributed by atoms with E-state index in [1.165, 1.54) is 22.2 Å². The molecule has 3 aromatic rings. The molecule has 1 aliphatic rings. The zero-order chi connectivity index (χ0) is 20.5. The van der Waals surface area contributed by atoms with Crippen molar-refractivity contribution in [2.45, 2.75) is 19.9 Å². The highest BCUT2D eigenvalue weighted by Crippen LogP contribution is 2.32. The standard InChI is InChI=1S/C21H17BrN2O4S/c1-3-27-20(26)17-12(2)24-19(25)16(11-13-6-8-14(22)9-7-13)29-21(24)23-18(17)15-5-4-10-28-15/h4-11,18H,3H2,1-2H3/b16-11-/t18-/m0/s1. The molecule has 2 aromatic heterocycles. The molecule has 0 radical (unpaired) electrons. The number of fused-ring (bicyclic) bond motifs is 1. The molecule has 148 valence electrons. The van der Waals surface area contributed by atoms with Gasteiger partial charge in [-0.2, -0.15) is 0 Å². The molecule has 0 unspecified atom stereocenters. The highest BCUT2D eigenvalue weighted by Gasteiger charge is 2.32. The van der Waals surface area contributed by atoms with E-state index in [0.717, 1.165) is 10.0 Å². The second kappa shape index (κ2) is 7.96. The monoisotopic (exact) mass is 472 g/mol. The molecule has 29 heavy (non-hydrogen) atoms. The van der Waals surface area contributed by atoms with Crippen molar-refractivity contribution in [3.8, 4) is 0 Å². The van der Waals surface area contributed by atoms with Gasteiger partial charge in [-0.3, -0.25) is 9.36 Å². The summed E-state index contributed by atoms with van der Waals surface area (Å²) in [5.41, 5.74) is 1.50. The minimum Gasteiger partial charge on any atom is -0.467 e. The topological polar surface area (TPSA) is 73.8 Å². The molecule has 0 N–H and O–H groups in total. The Morgan fingerprint density at radius 2 is 2.10 bits per heavy atom. The minimum absolute atomic E-state index is 0.214. The van der Waals surface area contributed by atoms with Gasteiger partial charge < -0.3 is 9.15 Å². The van der Waals surface area contributed by atoms with E-state index < -0.39 is 12.0 Å². The number of carbonyl (C=O) groups is 1. The van der Waals surface area contributed by atoms with Crippen LogP contribution in [0.1, 0.15) is 31.2 Å². The molecule has 8 heteroatoms. The van der Waals surface area contributed by atoms with Crippen LogP contribution in [-0.2, 0) is 9.53 Å². The van der Waals surface area contributed by atoms with Crippen LogP contribution < -0.4 is 14.9 Å². The van der Waals surface area contributed by atoms with Crippen LogP contribution in [0.15, 0.2) is 66.9 Å². The number of halogens is 1. The van der Waals surface area contributed by atoms with E-state index in [2.05, 4.69) is 20.9 Å². The molecule has 0 saturated carbocycles. The summed E-state index contributed by atoms with van der Waals surface area (Å²) in [5.74, 6) is 0.0234. The van der Waals surface area contributed by atoms with Gasteiger partial charge in [-0.25, -0.2) is 9.79 Å². The Labute approximate surface area is 178 Å². The fourth-order valence-electron chi connectivity index (χ4n) is 3.18. The fourth-order valence-corrected chi connectivity index (χ4v) is 4.48. The van der Waals surface area contributed by atoms with E-state index in [0.29, 0.717) is 26.4 Å². The third-order valence-electron chi connectivity index (χ3n) is 4.52. The summed E-state index contributed by atoms with van der Waals surface area (Å²) in [7, 11) is 0. The van der Waals surface area contributed by atoms with E-state index in [-0.39, 0.29) is 12.2 Å². The number of allylic oxidation sites excluding steroid dienone is 1. The lowest BCUT2D eigenvalue weighted by atomic mass is 10.0. The summed E-state index contributed by atoms with van der Waals surface area (Å²) in [4.78, 5) is 30.9. The lowest BCUT2D eigenvalue weighted by Crippen LogP contribution is -2.35. The van der Waals surface area contributed by atoms with Crippen molar-refractivity contribution < 1.29 is 13.9 Å². The molecule has 1 aromatic carbocycles. The van der Waals surface area contributed by atoms with Gasteiger partial charge in [-0.1, -0.05) is 39.4 Å². The molecular formula is C21H17BrN2O4S. The first-order valence-electron chi connectivity index (χ1n) is 8.98. The molecule has 0 amide bonds. The predicted molar refractivity (Wildman–Crippen MR) is 114 cm³/mol. The number of ether oxygens (including phenoxy) is 1. The number of aromatic nitrogens is 1. The molecule has 0 bridgehead atoms. The van der Waals surface area contributed by atoms with Gasteiger partial charge >= 0.3 is 5.97 Å². The summed E-state index contributed by atoms with van der Waals surface area (Å²) < 4.78 is 13.7. The number of rotatable bonds is 4. The molecule has 0 aliphatic carbocycles. The highest BCUT2D eigenvalue weighted by atomic mass is 79.9. The van der Waals surface area contributed by atoms with Gasteiger partial charge in [0.25, 0.3) is 5.56 Å². The molecule has 0 spiro atoms. The van der Waals surface area contributed by atoms with E-state index in [4.69, 9.17) is 9.15 Å². The van der Waals surface area contributed by atoms with Crippen molar-refractivity contribution in [3.05, 3.63) is 83.7 Å². The molecule has 0 fully saturated rings. The second-order valence-corrected chi connectivity index (χ2v) is 8.28. The first kappa shape index (κ1) is 19.6. The second-order valence-electron chi connectivity index (χ2n) is 6.35. The van der Waals surface area contributed by atoms with Crippen LogP contribution in [0.3, 0.4) is 0 Å². The van der Waals surface area contributed by atoms with Gasteiger partial charge in [0.15, 0.2) is 4.80 Å².